The number of carboxylic acids is 1. The van der Waals surface area contributed by atoms with E-state index in [4.69, 9.17) is 9.47 Å². The summed E-state index contributed by atoms with van der Waals surface area (Å²) in [6.07, 6.45) is 4.58. The van der Waals surface area contributed by atoms with E-state index in [0.717, 1.165) is 6.26 Å². The fourth-order valence-electron chi connectivity index (χ4n) is 2.15. The van der Waals surface area contributed by atoms with E-state index in [0.29, 0.717) is 22.2 Å². The Kier molecular flexibility index (Phi) is 3.57. The molecule has 3 rings (SSSR count). The van der Waals surface area contributed by atoms with Crippen LogP contribution in [0.5, 0.6) is 0 Å². The molecule has 0 fully saturated rings. The maximum absolute atomic E-state index is 11.5. The van der Waals surface area contributed by atoms with Gasteiger partial charge in [-0.15, -0.1) is 0 Å². The average Bonchev–Trinajstić information content (AvgIpc) is 3.05. The van der Waals surface area contributed by atoms with Crippen LogP contribution in [0.2, 0.25) is 0 Å². The number of hydrogen-bond donors (Lipinski definition) is 1. The minimum Gasteiger partial charge on any atom is -0.476 e. The molecule has 0 aliphatic carbocycles. The van der Waals surface area contributed by atoms with Gasteiger partial charge in [0.15, 0.2) is 5.70 Å². The van der Waals surface area contributed by atoms with E-state index in [1.165, 1.54) is 10.9 Å². The van der Waals surface area contributed by atoms with Crippen LogP contribution in [0.3, 0.4) is 0 Å². The first-order valence-electron chi connectivity index (χ1n) is 6.73. The number of ether oxygens (including phenoxy) is 2. The maximum atomic E-state index is 11.5. The van der Waals surface area contributed by atoms with Crippen LogP contribution in [0.25, 0.3) is 16.7 Å². The number of carboxylic acid groups (broad SMARTS) is 1. The summed E-state index contributed by atoms with van der Waals surface area (Å²) in [7, 11) is 0. The first kappa shape index (κ1) is 14.8. The second-order valence-electron chi connectivity index (χ2n) is 4.98. The van der Waals surface area contributed by atoms with Crippen LogP contribution in [0.1, 0.15) is 13.8 Å². The van der Waals surface area contributed by atoms with Crippen LogP contribution >= 0.6 is 0 Å². The molecule has 0 bridgehead atoms. The quantitative estimate of drug-likeness (QED) is 0.518. The Morgan fingerprint density at radius 1 is 1.48 bits per heavy atom. The Morgan fingerprint density at radius 3 is 2.91 bits per heavy atom. The molecule has 0 aromatic carbocycles. The van der Waals surface area contributed by atoms with Crippen LogP contribution in [0.4, 0.5) is 0 Å². The molecule has 0 radical (unpaired) electrons. The molecule has 2 aromatic rings. The number of rotatable bonds is 4. The SMILES string of the molecule is CC1=C(C)C(O/C=C(/C(=O)O)n2ccc3cncnc32)OC1=O. The predicted molar refractivity (Wildman–Crippen MR) is 78.8 cm³/mol. The first-order chi connectivity index (χ1) is 11.0. The maximum Gasteiger partial charge on any atom is 0.356 e. The zero-order chi connectivity index (χ0) is 16.6. The van der Waals surface area contributed by atoms with Crippen LogP contribution in [-0.4, -0.2) is 37.9 Å². The molecular weight excluding hydrogens is 302 g/mol. The lowest BCUT2D eigenvalue weighted by Gasteiger charge is -2.12. The Hall–Kier alpha value is -3.16. The summed E-state index contributed by atoms with van der Waals surface area (Å²) in [4.78, 5) is 30.9. The van der Waals surface area contributed by atoms with Gasteiger partial charge in [0, 0.05) is 28.9 Å². The molecule has 0 saturated heterocycles. The lowest BCUT2D eigenvalue weighted by molar-refractivity contribution is -0.152. The molecule has 0 saturated carbocycles. The summed E-state index contributed by atoms with van der Waals surface area (Å²) < 4.78 is 11.7. The highest BCUT2D eigenvalue weighted by atomic mass is 16.7. The van der Waals surface area contributed by atoms with Crippen molar-refractivity contribution in [1.82, 2.24) is 14.5 Å². The monoisotopic (exact) mass is 315 g/mol. The van der Waals surface area contributed by atoms with Crippen LogP contribution in [0, 0.1) is 0 Å². The second-order valence-corrected chi connectivity index (χ2v) is 4.98. The number of cyclic esters (lactones) is 1. The fourth-order valence-corrected chi connectivity index (χ4v) is 2.15. The summed E-state index contributed by atoms with van der Waals surface area (Å²) in [5, 5.41) is 10.1. The summed E-state index contributed by atoms with van der Waals surface area (Å²) in [5.41, 5.74) is 1.34. The largest absolute Gasteiger partial charge is 0.476 e. The van der Waals surface area contributed by atoms with Crippen molar-refractivity contribution in [3.63, 3.8) is 0 Å². The molecule has 1 unspecified atom stereocenters. The minimum absolute atomic E-state index is 0.160. The van der Waals surface area contributed by atoms with Crippen LogP contribution in [-0.2, 0) is 19.1 Å². The molecule has 3 heterocycles. The van der Waals surface area contributed by atoms with Crippen molar-refractivity contribution in [1.29, 1.82) is 0 Å². The van der Waals surface area contributed by atoms with Crippen molar-refractivity contribution >= 4 is 28.7 Å². The third-order valence-corrected chi connectivity index (χ3v) is 3.60. The number of aliphatic carboxylic acids is 1. The fraction of sp³-hybridized carbons (Fsp3) is 0.200. The first-order valence-corrected chi connectivity index (χ1v) is 6.73. The molecule has 1 N–H and O–H groups in total. The molecule has 8 nitrogen and oxygen atoms in total. The van der Waals surface area contributed by atoms with Gasteiger partial charge in [-0.25, -0.2) is 19.6 Å². The molecular formula is C15H13N3O5. The highest BCUT2D eigenvalue weighted by molar-refractivity contribution is 6.10. The van der Waals surface area contributed by atoms with Crippen LogP contribution < -0.4 is 0 Å². The van der Waals surface area contributed by atoms with Gasteiger partial charge in [-0.1, -0.05) is 0 Å². The molecule has 1 atom stereocenters. The number of nitrogens with zero attached hydrogens (tertiary/aromatic N) is 3. The Balaban J connectivity index is 1.94. The third-order valence-electron chi connectivity index (χ3n) is 3.60. The predicted octanol–water partition coefficient (Wildman–Crippen LogP) is 1.55. The molecule has 1 aliphatic heterocycles. The summed E-state index contributed by atoms with van der Waals surface area (Å²) >= 11 is 0. The van der Waals surface area contributed by atoms with Gasteiger partial charge >= 0.3 is 11.9 Å². The van der Waals surface area contributed by atoms with E-state index in [1.807, 2.05) is 0 Å². The zero-order valence-electron chi connectivity index (χ0n) is 12.4. The molecule has 118 valence electrons. The Morgan fingerprint density at radius 2 is 2.26 bits per heavy atom. The minimum atomic E-state index is -1.20. The Bertz CT molecular complexity index is 865. The van der Waals surface area contributed by atoms with Crippen molar-refractivity contribution in [2.45, 2.75) is 20.1 Å². The molecule has 8 heteroatoms. The van der Waals surface area contributed by atoms with Gasteiger partial charge in [0.05, 0.1) is 0 Å². The van der Waals surface area contributed by atoms with E-state index < -0.39 is 18.2 Å². The standard InChI is InChI=1S/C15H13N3O5/c1-8-9(2)15(23-14(8)21)22-6-11(13(19)20)18-4-3-10-5-16-7-17-12(10)18/h3-7,15H,1-2H3,(H,19,20)/b11-6-. The Labute approximate surface area is 130 Å². The third kappa shape index (κ3) is 2.54. The highest BCUT2D eigenvalue weighted by Gasteiger charge is 2.29. The lowest BCUT2D eigenvalue weighted by atomic mass is 10.2. The van der Waals surface area contributed by atoms with Crippen molar-refractivity contribution in [3.05, 3.63) is 42.2 Å². The molecule has 2 aromatic heterocycles. The van der Waals surface area contributed by atoms with Gasteiger partial charge in [0.2, 0.25) is 0 Å². The van der Waals surface area contributed by atoms with Gasteiger partial charge in [0.25, 0.3) is 6.29 Å². The molecule has 23 heavy (non-hydrogen) atoms. The second kappa shape index (κ2) is 5.56. The van der Waals surface area contributed by atoms with Crippen molar-refractivity contribution in [2.75, 3.05) is 0 Å². The number of carbonyl (C=O) groups is 2. The van der Waals surface area contributed by atoms with E-state index >= 15 is 0 Å². The van der Waals surface area contributed by atoms with Crippen molar-refractivity contribution in [3.8, 4) is 0 Å². The highest BCUT2D eigenvalue weighted by Crippen LogP contribution is 2.24. The van der Waals surface area contributed by atoms with E-state index in [2.05, 4.69) is 9.97 Å². The van der Waals surface area contributed by atoms with Gasteiger partial charge in [-0.05, 0) is 19.9 Å². The lowest BCUT2D eigenvalue weighted by Crippen LogP contribution is -2.15. The summed E-state index contributed by atoms with van der Waals surface area (Å²) in [6.45, 7) is 3.32. The number of fused-ring (bicyclic) bond motifs is 1. The van der Waals surface area contributed by atoms with Gasteiger partial charge in [-0.3, -0.25) is 4.57 Å². The van der Waals surface area contributed by atoms with E-state index in [1.54, 1.807) is 32.3 Å². The molecule has 1 aliphatic rings. The zero-order valence-corrected chi connectivity index (χ0v) is 12.4. The average molecular weight is 315 g/mol. The molecule has 0 spiro atoms. The number of carbonyl (C=O) groups excluding carboxylic acids is 1. The smallest absolute Gasteiger partial charge is 0.356 e. The summed E-state index contributed by atoms with van der Waals surface area (Å²) in [6, 6.07) is 1.69. The number of aromatic nitrogens is 3. The van der Waals surface area contributed by atoms with Gasteiger partial charge in [-0.2, -0.15) is 0 Å². The topological polar surface area (TPSA) is 104 Å². The normalized spacial score (nSPS) is 18.4. The van der Waals surface area contributed by atoms with Crippen molar-refractivity contribution in [2.24, 2.45) is 0 Å². The number of esters is 1. The van der Waals surface area contributed by atoms with Gasteiger partial charge in [0.1, 0.15) is 18.2 Å². The van der Waals surface area contributed by atoms with Crippen molar-refractivity contribution < 1.29 is 24.2 Å². The van der Waals surface area contributed by atoms with E-state index in [9.17, 15) is 14.7 Å². The molecule has 0 amide bonds. The van der Waals surface area contributed by atoms with Crippen LogP contribution in [0.15, 0.2) is 42.2 Å². The van der Waals surface area contributed by atoms with Gasteiger partial charge < -0.3 is 14.6 Å². The number of hydrogen-bond acceptors (Lipinski definition) is 6. The van der Waals surface area contributed by atoms with E-state index in [-0.39, 0.29) is 5.70 Å². The summed E-state index contributed by atoms with van der Waals surface area (Å²) in [5.74, 6) is -1.68.